The molecule has 6 nitrogen and oxygen atoms in total. The van der Waals surface area contributed by atoms with E-state index in [0.717, 1.165) is 22.5 Å². The summed E-state index contributed by atoms with van der Waals surface area (Å²) < 4.78 is 0. The number of fused-ring (bicyclic) bond motifs is 1. The zero-order valence-corrected chi connectivity index (χ0v) is 14.7. The van der Waals surface area contributed by atoms with Gasteiger partial charge in [0.1, 0.15) is 0 Å². The number of carbonyl (C=O) groups excluding carboxylic acids is 2. The number of aromatic nitrogens is 1. The standard InChI is InChI=1S/C17H17BrN4O2/c1-10(13-3-2-7-19-13)15-12-9-11(21-17(24)20-8-6-18)4-5-14(12)22-16(15)23/h2-5,7,9,19H,6,8H2,1H3,(H,22,23)(H2,20,21,24). The summed E-state index contributed by atoms with van der Waals surface area (Å²) in [5.41, 5.74) is 4.52. The summed E-state index contributed by atoms with van der Waals surface area (Å²) in [5.74, 6) is -0.141. The van der Waals surface area contributed by atoms with Gasteiger partial charge < -0.3 is 20.9 Å². The van der Waals surface area contributed by atoms with Gasteiger partial charge in [0.2, 0.25) is 0 Å². The van der Waals surface area contributed by atoms with E-state index in [1.54, 1.807) is 12.1 Å². The van der Waals surface area contributed by atoms with Gasteiger partial charge in [-0.1, -0.05) is 15.9 Å². The van der Waals surface area contributed by atoms with E-state index in [4.69, 9.17) is 0 Å². The maximum Gasteiger partial charge on any atom is 0.319 e. The Hall–Kier alpha value is -2.54. The highest BCUT2D eigenvalue weighted by Crippen LogP contribution is 2.37. The molecule has 3 rings (SSSR count). The Kier molecular flexibility index (Phi) is 4.71. The number of H-pyrrole nitrogens is 1. The molecule has 124 valence electrons. The molecule has 0 atom stereocenters. The monoisotopic (exact) mass is 388 g/mol. The highest BCUT2D eigenvalue weighted by molar-refractivity contribution is 9.09. The van der Waals surface area contributed by atoms with Crippen molar-refractivity contribution >= 4 is 50.4 Å². The average molecular weight is 389 g/mol. The van der Waals surface area contributed by atoms with Crippen molar-refractivity contribution in [2.75, 3.05) is 22.5 Å². The summed E-state index contributed by atoms with van der Waals surface area (Å²) >= 11 is 3.26. The minimum absolute atomic E-state index is 0.141. The van der Waals surface area contributed by atoms with Crippen molar-refractivity contribution in [3.05, 3.63) is 47.8 Å². The van der Waals surface area contributed by atoms with E-state index >= 15 is 0 Å². The van der Waals surface area contributed by atoms with Crippen LogP contribution in [0.15, 0.2) is 36.5 Å². The lowest BCUT2D eigenvalue weighted by atomic mass is 9.99. The van der Waals surface area contributed by atoms with Crippen molar-refractivity contribution in [2.45, 2.75) is 6.92 Å². The first-order valence-corrected chi connectivity index (χ1v) is 8.63. The van der Waals surface area contributed by atoms with Gasteiger partial charge in [-0.25, -0.2) is 4.79 Å². The van der Waals surface area contributed by atoms with E-state index in [2.05, 4.69) is 36.9 Å². The van der Waals surface area contributed by atoms with E-state index in [1.807, 2.05) is 31.3 Å². The molecule has 0 spiro atoms. The molecule has 2 aromatic rings. The number of alkyl halides is 1. The fraction of sp³-hybridized carbons (Fsp3) is 0.176. The summed E-state index contributed by atoms with van der Waals surface area (Å²) in [6.07, 6.45) is 1.82. The number of aromatic amines is 1. The van der Waals surface area contributed by atoms with Gasteiger partial charge in [0.05, 0.1) is 5.57 Å². The van der Waals surface area contributed by atoms with E-state index < -0.39 is 0 Å². The summed E-state index contributed by atoms with van der Waals surface area (Å²) in [5, 5.41) is 9.04. The number of carbonyl (C=O) groups is 2. The van der Waals surface area contributed by atoms with Gasteiger partial charge in [-0.15, -0.1) is 0 Å². The van der Waals surface area contributed by atoms with Crippen LogP contribution in [0.25, 0.3) is 11.1 Å². The van der Waals surface area contributed by atoms with Gasteiger partial charge in [-0.2, -0.15) is 0 Å². The zero-order valence-electron chi connectivity index (χ0n) is 13.1. The number of benzene rings is 1. The van der Waals surface area contributed by atoms with Gasteiger partial charge in [0, 0.05) is 40.7 Å². The van der Waals surface area contributed by atoms with E-state index in [0.29, 0.717) is 23.1 Å². The topological polar surface area (TPSA) is 86.0 Å². The van der Waals surface area contributed by atoms with Crippen LogP contribution in [0.1, 0.15) is 18.2 Å². The van der Waals surface area contributed by atoms with Gasteiger partial charge in [-0.3, -0.25) is 4.79 Å². The zero-order chi connectivity index (χ0) is 17.1. The molecule has 0 aliphatic carbocycles. The fourth-order valence-corrected chi connectivity index (χ4v) is 2.85. The third-order valence-electron chi connectivity index (χ3n) is 3.78. The lowest BCUT2D eigenvalue weighted by molar-refractivity contribution is -0.110. The van der Waals surface area contributed by atoms with Crippen LogP contribution in [0, 0.1) is 0 Å². The molecule has 4 N–H and O–H groups in total. The lowest BCUT2D eigenvalue weighted by Gasteiger charge is -2.09. The molecule has 7 heteroatoms. The van der Waals surface area contributed by atoms with Crippen LogP contribution >= 0.6 is 15.9 Å². The number of hydrogen-bond donors (Lipinski definition) is 4. The van der Waals surface area contributed by atoms with Crippen molar-refractivity contribution in [3.8, 4) is 0 Å². The predicted octanol–water partition coefficient (Wildman–Crippen LogP) is 3.41. The van der Waals surface area contributed by atoms with E-state index in [-0.39, 0.29) is 11.9 Å². The third-order valence-corrected chi connectivity index (χ3v) is 4.18. The Morgan fingerprint density at radius 1 is 1.29 bits per heavy atom. The SMILES string of the molecule is CC(=C1C(=O)Nc2ccc(NC(=O)NCCBr)cc21)c1ccc[nH]1. The molecule has 0 bridgehead atoms. The smallest absolute Gasteiger partial charge is 0.319 e. The molecular formula is C17H17BrN4O2. The van der Waals surface area contributed by atoms with Gasteiger partial charge in [0.15, 0.2) is 0 Å². The maximum absolute atomic E-state index is 12.4. The summed E-state index contributed by atoms with van der Waals surface area (Å²) in [6, 6.07) is 8.89. The normalized spacial score (nSPS) is 14.8. The second kappa shape index (κ2) is 6.92. The Bertz CT molecular complexity index is 812. The van der Waals surface area contributed by atoms with Crippen LogP contribution in [0.2, 0.25) is 0 Å². The molecule has 0 saturated heterocycles. The average Bonchev–Trinajstić information content (AvgIpc) is 3.19. The minimum Gasteiger partial charge on any atom is -0.361 e. The number of hydrogen-bond acceptors (Lipinski definition) is 2. The molecule has 1 aromatic heterocycles. The van der Waals surface area contributed by atoms with Gasteiger partial charge in [0.25, 0.3) is 5.91 Å². The second-order valence-corrected chi connectivity index (χ2v) is 6.16. The lowest BCUT2D eigenvalue weighted by Crippen LogP contribution is -2.30. The number of nitrogens with one attached hydrogen (secondary N) is 4. The molecular weight excluding hydrogens is 372 g/mol. The molecule has 3 amide bonds. The number of anilines is 2. The minimum atomic E-state index is -0.279. The molecule has 1 aliphatic heterocycles. The van der Waals surface area contributed by atoms with Crippen LogP contribution in [0.4, 0.5) is 16.2 Å². The number of amides is 3. The summed E-state index contributed by atoms with van der Waals surface area (Å²) in [6.45, 7) is 2.44. The van der Waals surface area contributed by atoms with Gasteiger partial charge in [-0.05, 0) is 42.8 Å². The summed E-state index contributed by atoms with van der Waals surface area (Å²) in [4.78, 5) is 27.3. The number of allylic oxidation sites excluding steroid dienone is 1. The van der Waals surface area contributed by atoms with Crippen molar-refractivity contribution in [3.63, 3.8) is 0 Å². The Morgan fingerprint density at radius 2 is 2.12 bits per heavy atom. The molecule has 1 aliphatic rings. The number of rotatable bonds is 4. The Labute approximate surface area is 147 Å². The fourth-order valence-electron chi connectivity index (χ4n) is 2.65. The molecule has 1 aromatic carbocycles. The number of halogens is 1. The second-order valence-electron chi connectivity index (χ2n) is 5.37. The van der Waals surface area contributed by atoms with Crippen LogP contribution < -0.4 is 16.0 Å². The number of urea groups is 1. The third kappa shape index (κ3) is 3.21. The van der Waals surface area contributed by atoms with Crippen LogP contribution in [-0.4, -0.2) is 28.8 Å². The quantitative estimate of drug-likeness (QED) is 0.477. The molecule has 0 unspecified atom stereocenters. The van der Waals surface area contributed by atoms with Crippen LogP contribution in [-0.2, 0) is 4.79 Å². The van der Waals surface area contributed by atoms with E-state index in [9.17, 15) is 9.59 Å². The molecule has 2 heterocycles. The van der Waals surface area contributed by atoms with Crippen molar-refractivity contribution < 1.29 is 9.59 Å². The highest BCUT2D eigenvalue weighted by atomic mass is 79.9. The predicted molar refractivity (Wildman–Crippen MR) is 99.2 cm³/mol. The first kappa shape index (κ1) is 16.3. The highest BCUT2D eigenvalue weighted by Gasteiger charge is 2.27. The Balaban J connectivity index is 1.93. The van der Waals surface area contributed by atoms with E-state index in [1.165, 1.54) is 0 Å². The Morgan fingerprint density at radius 3 is 2.83 bits per heavy atom. The molecule has 0 saturated carbocycles. The first-order valence-electron chi connectivity index (χ1n) is 7.51. The van der Waals surface area contributed by atoms with Crippen LogP contribution in [0.5, 0.6) is 0 Å². The van der Waals surface area contributed by atoms with Gasteiger partial charge >= 0.3 is 6.03 Å². The largest absolute Gasteiger partial charge is 0.361 e. The van der Waals surface area contributed by atoms with Crippen molar-refractivity contribution in [1.29, 1.82) is 0 Å². The molecule has 0 radical (unpaired) electrons. The van der Waals surface area contributed by atoms with Crippen molar-refractivity contribution in [2.24, 2.45) is 0 Å². The molecule has 24 heavy (non-hydrogen) atoms. The summed E-state index contributed by atoms with van der Waals surface area (Å²) in [7, 11) is 0. The van der Waals surface area contributed by atoms with Crippen LogP contribution in [0.3, 0.4) is 0 Å². The molecule has 0 fully saturated rings. The van der Waals surface area contributed by atoms with Crippen molar-refractivity contribution in [1.82, 2.24) is 10.3 Å². The maximum atomic E-state index is 12.4. The first-order chi connectivity index (χ1) is 11.6.